The Kier molecular flexibility index (Phi) is 6.67. The van der Waals surface area contributed by atoms with Crippen molar-refractivity contribution in [2.24, 2.45) is 0 Å². The summed E-state index contributed by atoms with van der Waals surface area (Å²) >= 11 is 12.4. The van der Waals surface area contributed by atoms with E-state index in [1.54, 1.807) is 36.4 Å². The number of dihydropyridines is 1. The second-order valence-electron chi connectivity index (χ2n) is 8.93. The van der Waals surface area contributed by atoms with E-state index in [4.69, 9.17) is 27.9 Å². The molecule has 3 aliphatic rings. The molecule has 0 bridgehead atoms. The highest BCUT2D eigenvalue weighted by molar-refractivity contribution is 6.32. The number of amides is 1. The summed E-state index contributed by atoms with van der Waals surface area (Å²) in [6.07, 6.45) is 4.15. The van der Waals surface area contributed by atoms with Crippen LogP contribution < -0.4 is 15.4 Å². The van der Waals surface area contributed by atoms with Crippen LogP contribution in [0.15, 0.2) is 65.0 Å². The minimum absolute atomic E-state index is 0.0731. The van der Waals surface area contributed by atoms with E-state index in [1.807, 2.05) is 6.07 Å². The smallest absolute Gasteiger partial charge is 0.262 e. The van der Waals surface area contributed by atoms with Crippen molar-refractivity contribution in [3.63, 3.8) is 0 Å². The molecule has 0 saturated heterocycles. The fraction of sp³-hybridized carbons (Fsp3) is 0.296. The fourth-order valence-corrected chi connectivity index (χ4v) is 5.37. The molecule has 0 atom stereocenters. The predicted molar refractivity (Wildman–Crippen MR) is 135 cm³/mol. The van der Waals surface area contributed by atoms with E-state index in [9.17, 15) is 14.4 Å². The second-order valence-corrected chi connectivity index (χ2v) is 9.77. The normalized spacial score (nSPS) is 18.1. The van der Waals surface area contributed by atoms with Crippen LogP contribution in [0.5, 0.6) is 5.75 Å². The van der Waals surface area contributed by atoms with Crippen molar-refractivity contribution >= 4 is 46.4 Å². The molecule has 0 radical (unpaired) electrons. The average molecular weight is 511 g/mol. The second kappa shape index (κ2) is 9.88. The highest BCUT2D eigenvalue weighted by atomic mass is 35.5. The summed E-state index contributed by atoms with van der Waals surface area (Å²) in [6, 6.07) is 12.0. The molecular weight excluding hydrogens is 487 g/mol. The van der Waals surface area contributed by atoms with E-state index >= 15 is 0 Å². The van der Waals surface area contributed by atoms with E-state index in [0.29, 0.717) is 45.5 Å². The van der Waals surface area contributed by atoms with Gasteiger partial charge in [0.15, 0.2) is 18.2 Å². The lowest BCUT2D eigenvalue weighted by molar-refractivity contribution is -0.118. The molecule has 2 aliphatic carbocycles. The van der Waals surface area contributed by atoms with Gasteiger partial charge in [-0.25, -0.2) is 0 Å². The lowest BCUT2D eigenvalue weighted by Crippen LogP contribution is -2.36. The Morgan fingerprint density at radius 1 is 0.914 bits per heavy atom. The van der Waals surface area contributed by atoms with Crippen LogP contribution in [0.4, 0.5) is 5.69 Å². The van der Waals surface area contributed by atoms with Crippen molar-refractivity contribution in [3.8, 4) is 5.75 Å². The number of hydrogen-bond acceptors (Lipinski definition) is 5. The van der Waals surface area contributed by atoms with Gasteiger partial charge in [0.2, 0.25) is 0 Å². The number of halogens is 2. The molecule has 0 spiro atoms. The van der Waals surface area contributed by atoms with Crippen LogP contribution in [-0.4, -0.2) is 24.1 Å². The van der Waals surface area contributed by atoms with Gasteiger partial charge in [-0.2, -0.15) is 0 Å². The fourth-order valence-electron chi connectivity index (χ4n) is 5.00. The largest absolute Gasteiger partial charge is 0.482 e. The Morgan fingerprint density at radius 2 is 1.54 bits per heavy atom. The SMILES string of the molecule is O=C(COc1ccc(C2C3=C(CCCC3=O)NC3=C2C(=O)CCC3)cc1Cl)Nc1ccc(Cl)cc1. The molecule has 35 heavy (non-hydrogen) atoms. The zero-order valence-corrected chi connectivity index (χ0v) is 20.5. The van der Waals surface area contributed by atoms with E-state index < -0.39 is 5.92 Å². The molecule has 1 aliphatic heterocycles. The molecule has 5 rings (SSSR count). The highest BCUT2D eigenvalue weighted by Gasteiger charge is 2.40. The van der Waals surface area contributed by atoms with Crippen LogP contribution in [-0.2, 0) is 14.4 Å². The Labute approximate surface area is 213 Å². The number of allylic oxidation sites excluding steroid dienone is 4. The third kappa shape index (κ3) is 4.86. The van der Waals surface area contributed by atoms with Crippen LogP contribution in [0.2, 0.25) is 10.0 Å². The van der Waals surface area contributed by atoms with Gasteiger partial charge in [0, 0.05) is 52.0 Å². The first-order valence-electron chi connectivity index (χ1n) is 11.7. The maximum Gasteiger partial charge on any atom is 0.262 e. The van der Waals surface area contributed by atoms with E-state index in [2.05, 4.69) is 10.6 Å². The highest BCUT2D eigenvalue weighted by Crippen LogP contribution is 2.46. The van der Waals surface area contributed by atoms with E-state index in [0.717, 1.165) is 42.6 Å². The number of carbonyl (C=O) groups excluding carboxylic acids is 3. The minimum atomic E-state index is -0.429. The number of carbonyl (C=O) groups is 3. The van der Waals surface area contributed by atoms with Gasteiger partial charge in [0.25, 0.3) is 5.91 Å². The zero-order valence-electron chi connectivity index (χ0n) is 19.0. The number of hydrogen-bond donors (Lipinski definition) is 2. The summed E-state index contributed by atoms with van der Waals surface area (Å²) in [4.78, 5) is 38.2. The monoisotopic (exact) mass is 510 g/mol. The first-order valence-corrected chi connectivity index (χ1v) is 12.4. The minimum Gasteiger partial charge on any atom is -0.482 e. The molecule has 2 aromatic carbocycles. The number of ketones is 2. The number of Topliss-reactive ketones (excluding diaryl/α,β-unsaturated/α-hetero) is 2. The molecule has 0 saturated carbocycles. The summed E-state index contributed by atoms with van der Waals surface area (Å²) in [5, 5.41) is 7.04. The zero-order chi connectivity index (χ0) is 24.5. The third-order valence-corrected chi connectivity index (χ3v) is 7.11. The average Bonchev–Trinajstić information content (AvgIpc) is 2.84. The van der Waals surface area contributed by atoms with Crippen molar-refractivity contribution in [1.29, 1.82) is 0 Å². The molecule has 180 valence electrons. The molecule has 2 N–H and O–H groups in total. The number of nitrogens with one attached hydrogen (secondary N) is 2. The van der Waals surface area contributed by atoms with Crippen molar-refractivity contribution in [2.75, 3.05) is 11.9 Å². The molecule has 1 amide bonds. The van der Waals surface area contributed by atoms with E-state index in [-0.39, 0.29) is 24.1 Å². The van der Waals surface area contributed by atoms with Crippen LogP contribution in [0.3, 0.4) is 0 Å². The van der Waals surface area contributed by atoms with Gasteiger partial charge in [-0.3, -0.25) is 14.4 Å². The molecule has 6 nitrogen and oxygen atoms in total. The Balaban J connectivity index is 1.37. The number of benzene rings is 2. The first-order chi connectivity index (χ1) is 16.9. The molecular formula is C27H24Cl2N2O4. The first kappa shape index (κ1) is 23.6. The topological polar surface area (TPSA) is 84.5 Å². The van der Waals surface area contributed by atoms with Gasteiger partial charge in [0.05, 0.1) is 5.02 Å². The molecule has 8 heteroatoms. The summed E-state index contributed by atoms with van der Waals surface area (Å²) in [6.45, 7) is -0.226. The van der Waals surface area contributed by atoms with Gasteiger partial charge in [-0.05, 0) is 67.6 Å². The van der Waals surface area contributed by atoms with Gasteiger partial charge in [-0.15, -0.1) is 0 Å². The lowest BCUT2D eigenvalue weighted by Gasteiger charge is -2.37. The molecule has 1 heterocycles. The Bertz CT molecular complexity index is 1240. The van der Waals surface area contributed by atoms with Gasteiger partial charge in [-0.1, -0.05) is 29.3 Å². The van der Waals surface area contributed by atoms with Gasteiger partial charge < -0.3 is 15.4 Å². The van der Waals surface area contributed by atoms with Crippen molar-refractivity contribution in [2.45, 2.75) is 44.4 Å². The van der Waals surface area contributed by atoms with Crippen molar-refractivity contribution in [3.05, 3.63) is 80.6 Å². The van der Waals surface area contributed by atoms with Crippen molar-refractivity contribution < 1.29 is 19.1 Å². The van der Waals surface area contributed by atoms with Crippen molar-refractivity contribution in [1.82, 2.24) is 5.32 Å². The Hall–Kier alpha value is -3.09. The van der Waals surface area contributed by atoms with Crippen LogP contribution in [0.25, 0.3) is 0 Å². The van der Waals surface area contributed by atoms with Gasteiger partial charge >= 0.3 is 0 Å². The maximum absolute atomic E-state index is 13.0. The molecule has 0 aromatic heterocycles. The van der Waals surface area contributed by atoms with Crippen LogP contribution >= 0.6 is 23.2 Å². The summed E-state index contributed by atoms with van der Waals surface area (Å²) in [7, 11) is 0. The molecule has 0 unspecified atom stereocenters. The van der Waals surface area contributed by atoms with E-state index in [1.165, 1.54) is 0 Å². The summed E-state index contributed by atoms with van der Waals surface area (Å²) in [5.74, 6) is -0.269. The molecule has 0 fully saturated rings. The predicted octanol–water partition coefficient (Wildman–Crippen LogP) is 5.71. The third-order valence-electron chi connectivity index (χ3n) is 6.57. The number of ether oxygens (including phenoxy) is 1. The lowest BCUT2D eigenvalue weighted by atomic mass is 9.71. The van der Waals surface area contributed by atoms with Crippen LogP contribution in [0, 0.1) is 0 Å². The van der Waals surface area contributed by atoms with Crippen LogP contribution in [0.1, 0.15) is 50.0 Å². The number of anilines is 1. The molecule has 2 aromatic rings. The number of rotatable bonds is 5. The summed E-state index contributed by atoms with van der Waals surface area (Å²) < 4.78 is 5.65. The van der Waals surface area contributed by atoms with Gasteiger partial charge in [0.1, 0.15) is 5.75 Å². The Morgan fingerprint density at radius 3 is 2.14 bits per heavy atom. The summed E-state index contributed by atoms with van der Waals surface area (Å²) in [5.41, 5.74) is 4.59. The standard InChI is InChI=1S/C27H24Cl2N2O4/c28-16-8-10-17(11-9-16)30-24(34)14-35-23-12-7-15(13-18(23)29)25-26-19(3-1-5-21(26)32)31-20-4-2-6-22(33)27(20)25/h7-13,25,31H,1-6,14H2,(H,30,34). The maximum atomic E-state index is 13.0. The quantitative estimate of drug-likeness (QED) is 0.537.